The summed E-state index contributed by atoms with van der Waals surface area (Å²) in [6.45, 7) is 5.70. The van der Waals surface area contributed by atoms with Crippen LogP contribution in [0.2, 0.25) is 0 Å². The van der Waals surface area contributed by atoms with Gasteiger partial charge in [0, 0.05) is 5.56 Å². The van der Waals surface area contributed by atoms with Crippen molar-refractivity contribution < 1.29 is 4.79 Å². The largest absolute Gasteiger partial charge is 0.294 e. The fraction of sp³-hybridized carbons (Fsp3) is 0.167. The predicted octanol–water partition coefficient (Wildman–Crippen LogP) is 4.81. The molecule has 3 rings (SSSR count). The lowest BCUT2D eigenvalue weighted by atomic mass is 9.92. The molecule has 0 aromatic heterocycles. The fourth-order valence-corrected chi connectivity index (χ4v) is 2.98. The molecule has 0 saturated carbocycles. The van der Waals surface area contributed by atoms with Crippen molar-refractivity contribution >= 4 is 27.3 Å². The fourth-order valence-electron chi connectivity index (χ4n) is 2.98. The van der Waals surface area contributed by atoms with E-state index in [1.807, 2.05) is 19.9 Å². The van der Waals surface area contributed by atoms with Crippen LogP contribution in [0.25, 0.3) is 21.5 Å². The van der Waals surface area contributed by atoms with Crippen molar-refractivity contribution in [2.45, 2.75) is 20.8 Å². The Hall–Kier alpha value is -2.15. The van der Waals surface area contributed by atoms with E-state index in [0.29, 0.717) is 0 Å². The number of rotatable bonds is 1. The minimum absolute atomic E-state index is 0.144. The Morgan fingerprint density at radius 3 is 2.16 bits per heavy atom. The standard InChI is InChI=1S/C18H16O/c1-11-8-16-9-14-6-4-5-7-15(14)10-17(16)12(2)18(11)13(3)19/h4-10H,1-3H3. The summed E-state index contributed by atoms with van der Waals surface area (Å²) in [5, 5.41) is 4.84. The zero-order chi connectivity index (χ0) is 13.6. The Bertz CT molecular complexity index is 813. The predicted molar refractivity (Wildman–Crippen MR) is 80.9 cm³/mol. The van der Waals surface area contributed by atoms with Gasteiger partial charge in [0.05, 0.1) is 0 Å². The molecule has 0 aliphatic rings. The molecule has 0 unspecified atom stereocenters. The lowest BCUT2D eigenvalue weighted by Crippen LogP contribution is -2.00. The van der Waals surface area contributed by atoms with E-state index in [2.05, 4.69) is 36.4 Å². The molecule has 0 amide bonds. The van der Waals surface area contributed by atoms with E-state index in [0.717, 1.165) is 16.7 Å². The highest BCUT2D eigenvalue weighted by Gasteiger charge is 2.11. The van der Waals surface area contributed by atoms with Gasteiger partial charge in [-0.25, -0.2) is 0 Å². The van der Waals surface area contributed by atoms with Crippen LogP contribution in [0.1, 0.15) is 28.4 Å². The summed E-state index contributed by atoms with van der Waals surface area (Å²) in [5.41, 5.74) is 3.02. The van der Waals surface area contributed by atoms with Gasteiger partial charge in [-0.1, -0.05) is 30.3 Å². The Labute approximate surface area is 112 Å². The first-order valence-corrected chi connectivity index (χ1v) is 6.51. The smallest absolute Gasteiger partial charge is 0.160 e. The van der Waals surface area contributed by atoms with Gasteiger partial charge >= 0.3 is 0 Å². The van der Waals surface area contributed by atoms with Gasteiger partial charge in [-0.15, -0.1) is 0 Å². The molecule has 3 aromatic carbocycles. The Morgan fingerprint density at radius 2 is 1.53 bits per heavy atom. The number of Topliss-reactive ketones (excluding diaryl/α,β-unsaturated/α-hetero) is 1. The molecule has 0 N–H and O–H groups in total. The van der Waals surface area contributed by atoms with Crippen LogP contribution < -0.4 is 0 Å². The number of hydrogen-bond acceptors (Lipinski definition) is 1. The van der Waals surface area contributed by atoms with Crippen molar-refractivity contribution in [3.8, 4) is 0 Å². The topological polar surface area (TPSA) is 17.1 Å². The summed E-state index contributed by atoms with van der Waals surface area (Å²) in [6.07, 6.45) is 0. The van der Waals surface area contributed by atoms with Crippen LogP contribution in [-0.2, 0) is 0 Å². The molecule has 0 aliphatic heterocycles. The van der Waals surface area contributed by atoms with E-state index >= 15 is 0 Å². The van der Waals surface area contributed by atoms with E-state index in [1.165, 1.54) is 21.5 Å². The van der Waals surface area contributed by atoms with Gasteiger partial charge in [-0.3, -0.25) is 4.79 Å². The first kappa shape index (κ1) is 11.9. The third-order valence-corrected chi connectivity index (χ3v) is 3.82. The Kier molecular flexibility index (Phi) is 2.63. The average Bonchev–Trinajstić information content (AvgIpc) is 2.36. The van der Waals surface area contributed by atoms with Crippen LogP contribution in [-0.4, -0.2) is 5.78 Å². The van der Waals surface area contributed by atoms with E-state index in [9.17, 15) is 4.79 Å². The van der Waals surface area contributed by atoms with E-state index < -0.39 is 0 Å². The molecule has 94 valence electrons. The summed E-state index contributed by atoms with van der Waals surface area (Å²) in [5.74, 6) is 0.144. The molecule has 0 fully saturated rings. The summed E-state index contributed by atoms with van der Waals surface area (Å²) >= 11 is 0. The minimum atomic E-state index is 0.144. The second-order valence-corrected chi connectivity index (χ2v) is 5.17. The zero-order valence-electron chi connectivity index (χ0n) is 11.4. The van der Waals surface area contributed by atoms with Crippen molar-refractivity contribution in [1.29, 1.82) is 0 Å². The Morgan fingerprint density at radius 1 is 0.895 bits per heavy atom. The number of fused-ring (bicyclic) bond motifs is 2. The minimum Gasteiger partial charge on any atom is -0.294 e. The molecule has 0 spiro atoms. The van der Waals surface area contributed by atoms with Gasteiger partial charge in [0.2, 0.25) is 0 Å². The van der Waals surface area contributed by atoms with Crippen LogP contribution in [0.5, 0.6) is 0 Å². The van der Waals surface area contributed by atoms with Crippen molar-refractivity contribution in [3.05, 3.63) is 59.2 Å². The third kappa shape index (κ3) is 1.82. The van der Waals surface area contributed by atoms with Crippen molar-refractivity contribution in [2.75, 3.05) is 0 Å². The second kappa shape index (κ2) is 4.20. The van der Waals surface area contributed by atoms with Crippen molar-refractivity contribution in [1.82, 2.24) is 0 Å². The van der Waals surface area contributed by atoms with Crippen molar-refractivity contribution in [2.24, 2.45) is 0 Å². The quantitative estimate of drug-likeness (QED) is 0.446. The second-order valence-electron chi connectivity index (χ2n) is 5.17. The summed E-state index contributed by atoms with van der Waals surface area (Å²) in [7, 11) is 0. The highest BCUT2D eigenvalue weighted by atomic mass is 16.1. The SMILES string of the molecule is CC(=O)c1c(C)cc2cc3ccccc3cc2c1C. The van der Waals surface area contributed by atoms with Gasteiger partial charge in [0.1, 0.15) is 0 Å². The zero-order valence-corrected chi connectivity index (χ0v) is 11.4. The number of aryl methyl sites for hydroxylation is 2. The van der Waals surface area contributed by atoms with Crippen LogP contribution >= 0.6 is 0 Å². The molecule has 0 saturated heterocycles. The summed E-state index contributed by atoms with van der Waals surface area (Å²) < 4.78 is 0. The number of carbonyl (C=O) groups is 1. The lowest BCUT2D eigenvalue weighted by Gasteiger charge is -2.12. The van der Waals surface area contributed by atoms with E-state index in [4.69, 9.17) is 0 Å². The molecule has 0 radical (unpaired) electrons. The first-order chi connectivity index (χ1) is 9.08. The number of hydrogen-bond donors (Lipinski definition) is 0. The molecule has 19 heavy (non-hydrogen) atoms. The molecular weight excluding hydrogens is 232 g/mol. The Balaban J connectivity index is 2.48. The monoisotopic (exact) mass is 248 g/mol. The normalized spacial score (nSPS) is 11.1. The maximum atomic E-state index is 11.8. The van der Waals surface area contributed by atoms with Gasteiger partial charge in [-0.05, 0) is 65.6 Å². The number of carbonyl (C=O) groups excluding carboxylic acids is 1. The molecule has 1 nitrogen and oxygen atoms in total. The lowest BCUT2D eigenvalue weighted by molar-refractivity contribution is 0.101. The molecule has 1 heteroatoms. The first-order valence-electron chi connectivity index (χ1n) is 6.51. The summed E-state index contributed by atoms with van der Waals surface area (Å²) in [6, 6.07) is 14.8. The maximum absolute atomic E-state index is 11.8. The van der Waals surface area contributed by atoms with E-state index in [1.54, 1.807) is 6.92 Å². The van der Waals surface area contributed by atoms with Gasteiger partial charge in [0.15, 0.2) is 5.78 Å². The molecule has 3 aromatic rings. The van der Waals surface area contributed by atoms with Gasteiger partial charge in [0.25, 0.3) is 0 Å². The van der Waals surface area contributed by atoms with Gasteiger partial charge < -0.3 is 0 Å². The number of benzene rings is 3. The van der Waals surface area contributed by atoms with Crippen LogP contribution in [0.4, 0.5) is 0 Å². The van der Waals surface area contributed by atoms with Crippen LogP contribution in [0.3, 0.4) is 0 Å². The molecule has 0 atom stereocenters. The van der Waals surface area contributed by atoms with E-state index in [-0.39, 0.29) is 5.78 Å². The maximum Gasteiger partial charge on any atom is 0.160 e. The average molecular weight is 248 g/mol. The third-order valence-electron chi connectivity index (χ3n) is 3.82. The number of ketones is 1. The summed E-state index contributed by atoms with van der Waals surface area (Å²) in [4.78, 5) is 11.8. The van der Waals surface area contributed by atoms with Gasteiger partial charge in [-0.2, -0.15) is 0 Å². The van der Waals surface area contributed by atoms with Crippen LogP contribution in [0.15, 0.2) is 42.5 Å². The highest BCUT2D eigenvalue weighted by Crippen LogP contribution is 2.29. The highest BCUT2D eigenvalue weighted by molar-refractivity contribution is 6.06. The molecule has 0 heterocycles. The van der Waals surface area contributed by atoms with Crippen LogP contribution in [0, 0.1) is 13.8 Å². The molecule has 0 bridgehead atoms. The van der Waals surface area contributed by atoms with Crippen molar-refractivity contribution in [3.63, 3.8) is 0 Å². The molecular formula is C18H16O. The molecule has 0 aliphatic carbocycles.